The summed E-state index contributed by atoms with van der Waals surface area (Å²) in [4.78, 5) is 21.5. The zero-order chi connectivity index (χ0) is 26.6. The third kappa shape index (κ3) is 5.34. The number of rotatable bonds is 9. The zero-order valence-electron chi connectivity index (χ0n) is 21.3. The van der Waals surface area contributed by atoms with Gasteiger partial charge in [0, 0.05) is 24.4 Å². The number of nitrogens with zero attached hydrogens (tertiary/aromatic N) is 3. The van der Waals surface area contributed by atoms with E-state index in [1.165, 1.54) is 16.7 Å². The van der Waals surface area contributed by atoms with Crippen molar-refractivity contribution in [1.82, 2.24) is 14.5 Å². The third-order valence-corrected chi connectivity index (χ3v) is 8.19. The van der Waals surface area contributed by atoms with Gasteiger partial charge in [0.1, 0.15) is 5.82 Å². The fourth-order valence-electron chi connectivity index (χ4n) is 4.52. The van der Waals surface area contributed by atoms with Gasteiger partial charge in [0.05, 0.1) is 10.9 Å². The number of unbranched alkanes of at least 4 members (excludes halogenated alkanes) is 1. The van der Waals surface area contributed by atoms with E-state index in [1.807, 2.05) is 57.2 Å². The second kappa shape index (κ2) is 11.1. The molecule has 0 saturated carbocycles. The fourth-order valence-corrected chi connectivity index (χ4v) is 5.86. The first-order chi connectivity index (χ1) is 17.8. The van der Waals surface area contributed by atoms with Gasteiger partial charge >= 0.3 is 0 Å². The molecule has 192 valence electrons. The Kier molecular flexibility index (Phi) is 7.88. The van der Waals surface area contributed by atoms with Crippen molar-refractivity contribution in [3.8, 4) is 17.0 Å². The average molecular weight is 518 g/mol. The van der Waals surface area contributed by atoms with Crippen LogP contribution in [0.15, 0.2) is 87.6 Å². The summed E-state index contributed by atoms with van der Waals surface area (Å²) < 4.78 is 28.8. The normalized spacial score (nSPS) is 12.4. The monoisotopic (exact) mass is 517 g/mol. The van der Waals surface area contributed by atoms with Crippen LogP contribution in [0.5, 0.6) is 5.88 Å². The Morgan fingerprint density at radius 2 is 1.68 bits per heavy atom. The fraction of sp³-hybridized carbons (Fsp3) is 0.276. The van der Waals surface area contributed by atoms with E-state index >= 15 is 0 Å². The molecule has 1 atom stereocenters. The number of hydrogen-bond acceptors (Lipinski definition) is 6. The SMILES string of the molecule is CCCCc1nc(O)c(S(=O)(=O)c2ccc(-c3cncc(C)c3)cc2)c(=O)n1[C@@H](CC)c1ccccc1. The lowest BCUT2D eigenvalue weighted by Crippen LogP contribution is -2.33. The summed E-state index contributed by atoms with van der Waals surface area (Å²) in [6, 6.07) is 17.2. The van der Waals surface area contributed by atoms with Crippen molar-refractivity contribution < 1.29 is 13.5 Å². The van der Waals surface area contributed by atoms with Gasteiger partial charge in [0.15, 0.2) is 4.90 Å². The maximum absolute atomic E-state index is 13.9. The van der Waals surface area contributed by atoms with Crippen molar-refractivity contribution in [3.63, 3.8) is 0 Å². The van der Waals surface area contributed by atoms with Crippen LogP contribution < -0.4 is 5.56 Å². The van der Waals surface area contributed by atoms with Gasteiger partial charge in [-0.15, -0.1) is 0 Å². The van der Waals surface area contributed by atoms with Gasteiger partial charge < -0.3 is 5.11 Å². The first-order valence-corrected chi connectivity index (χ1v) is 13.9. The Balaban J connectivity index is 1.85. The van der Waals surface area contributed by atoms with E-state index in [9.17, 15) is 18.3 Å². The quantitative estimate of drug-likeness (QED) is 0.315. The number of benzene rings is 2. The average Bonchev–Trinajstić information content (AvgIpc) is 2.89. The Labute approximate surface area is 217 Å². The number of aromatic nitrogens is 3. The molecular weight excluding hydrogens is 486 g/mol. The largest absolute Gasteiger partial charge is 0.492 e. The van der Waals surface area contributed by atoms with E-state index in [2.05, 4.69) is 9.97 Å². The van der Waals surface area contributed by atoms with Gasteiger partial charge in [-0.1, -0.05) is 62.7 Å². The summed E-state index contributed by atoms with van der Waals surface area (Å²) in [7, 11) is -4.35. The Morgan fingerprint density at radius 1 is 0.973 bits per heavy atom. The van der Waals surface area contributed by atoms with Gasteiger partial charge in [-0.2, -0.15) is 4.98 Å². The minimum absolute atomic E-state index is 0.0910. The molecule has 0 aliphatic carbocycles. The summed E-state index contributed by atoms with van der Waals surface area (Å²) in [6.45, 7) is 5.89. The van der Waals surface area contributed by atoms with Crippen molar-refractivity contribution in [1.29, 1.82) is 0 Å². The Bertz CT molecular complexity index is 1550. The van der Waals surface area contributed by atoms with Crippen molar-refractivity contribution in [2.75, 3.05) is 0 Å². The number of aryl methyl sites for hydroxylation is 2. The molecule has 0 aliphatic heterocycles. The number of sulfone groups is 1. The maximum Gasteiger partial charge on any atom is 0.277 e. The highest BCUT2D eigenvalue weighted by molar-refractivity contribution is 7.91. The van der Waals surface area contributed by atoms with Crippen LogP contribution in [0.2, 0.25) is 0 Å². The van der Waals surface area contributed by atoms with Gasteiger partial charge in [0.2, 0.25) is 15.7 Å². The van der Waals surface area contributed by atoms with Crippen LogP contribution in [-0.2, 0) is 16.3 Å². The van der Waals surface area contributed by atoms with Crippen molar-refractivity contribution in [2.24, 2.45) is 0 Å². The molecule has 2 aromatic heterocycles. The van der Waals surface area contributed by atoms with E-state index in [1.54, 1.807) is 24.5 Å². The summed E-state index contributed by atoms with van der Waals surface area (Å²) >= 11 is 0. The van der Waals surface area contributed by atoms with Crippen molar-refractivity contribution >= 4 is 9.84 Å². The topological polar surface area (TPSA) is 102 Å². The summed E-state index contributed by atoms with van der Waals surface area (Å²) in [5, 5.41) is 10.8. The summed E-state index contributed by atoms with van der Waals surface area (Å²) in [5.74, 6) is -0.386. The van der Waals surface area contributed by atoms with Gasteiger partial charge in [0.25, 0.3) is 5.56 Å². The molecule has 0 spiro atoms. The molecule has 0 saturated heterocycles. The molecule has 0 bridgehead atoms. The van der Waals surface area contributed by atoms with Crippen LogP contribution >= 0.6 is 0 Å². The first-order valence-electron chi connectivity index (χ1n) is 12.4. The molecule has 4 aromatic rings. The van der Waals surface area contributed by atoms with Crippen molar-refractivity contribution in [3.05, 3.63) is 100 Å². The van der Waals surface area contributed by atoms with Crippen LogP contribution in [0.25, 0.3) is 11.1 Å². The van der Waals surface area contributed by atoms with Crippen LogP contribution in [0.3, 0.4) is 0 Å². The highest BCUT2D eigenvalue weighted by Gasteiger charge is 2.31. The van der Waals surface area contributed by atoms with Crippen molar-refractivity contribution in [2.45, 2.75) is 62.3 Å². The molecule has 1 N–H and O–H groups in total. The highest BCUT2D eigenvalue weighted by atomic mass is 32.2. The molecule has 0 aliphatic rings. The minimum atomic E-state index is -4.35. The molecule has 0 radical (unpaired) electrons. The molecule has 37 heavy (non-hydrogen) atoms. The van der Waals surface area contributed by atoms with E-state index in [0.29, 0.717) is 18.7 Å². The Morgan fingerprint density at radius 3 is 2.30 bits per heavy atom. The van der Waals surface area contributed by atoms with Crippen LogP contribution in [0.4, 0.5) is 0 Å². The number of hydrogen-bond donors (Lipinski definition) is 1. The van der Waals surface area contributed by atoms with E-state index in [4.69, 9.17) is 0 Å². The summed E-state index contributed by atoms with van der Waals surface area (Å²) in [5.41, 5.74) is 2.74. The molecule has 2 heterocycles. The predicted octanol–water partition coefficient (Wildman–Crippen LogP) is 5.49. The minimum Gasteiger partial charge on any atom is -0.492 e. The molecule has 8 heteroatoms. The highest BCUT2D eigenvalue weighted by Crippen LogP contribution is 2.30. The lowest BCUT2D eigenvalue weighted by molar-refractivity contribution is 0.406. The van der Waals surface area contributed by atoms with E-state index < -0.39 is 32.2 Å². The predicted molar refractivity (Wildman–Crippen MR) is 144 cm³/mol. The Hall–Kier alpha value is -3.78. The molecule has 0 amide bonds. The standard InChI is InChI=1S/C29H31N3O4S/c1-4-6-12-26-31-28(33)27(29(34)32(26)25(5-2)22-10-8-7-9-11-22)37(35,36)24-15-13-21(14-16-24)23-17-20(3)18-30-19-23/h7-11,13-19,25,33H,4-6,12H2,1-3H3/t25-/m0/s1. The molecule has 0 fully saturated rings. The number of pyridine rings is 1. The van der Waals surface area contributed by atoms with E-state index in [-0.39, 0.29) is 4.90 Å². The molecule has 0 unspecified atom stereocenters. The molecule has 2 aromatic carbocycles. The smallest absolute Gasteiger partial charge is 0.277 e. The molecular formula is C29H31N3O4S. The second-order valence-electron chi connectivity index (χ2n) is 9.07. The van der Waals surface area contributed by atoms with Crippen LogP contribution in [0, 0.1) is 6.92 Å². The first kappa shape index (κ1) is 26.3. The van der Waals surface area contributed by atoms with Gasteiger partial charge in [-0.05, 0) is 54.7 Å². The number of aromatic hydroxyl groups is 1. The lowest BCUT2D eigenvalue weighted by atomic mass is 10.0. The summed E-state index contributed by atoms with van der Waals surface area (Å²) in [6.07, 6.45) is 6.05. The lowest BCUT2D eigenvalue weighted by Gasteiger charge is -2.23. The molecule has 7 nitrogen and oxygen atoms in total. The van der Waals surface area contributed by atoms with Crippen LogP contribution in [-0.4, -0.2) is 28.1 Å². The van der Waals surface area contributed by atoms with Gasteiger partial charge in [-0.25, -0.2) is 8.42 Å². The molecule has 4 rings (SSSR count). The second-order valence-corrected chi connectivity index (χ2v) is 11.0. The third-order valence-electron chi connectivity index (χ3n) is 6.41. The van der Waals surface area contributed by atoms with E-state index in [0.717, 1.165) is 35.1 Å². The van der Waals surface area contributed by atoms with Crippen LogP contribution in [0.1, 0.15) is 56.1 Å². The zero-order valence-corrected chi connectivity index (χ0v) is 22.1. The van der Waals surface area contributed by atoms with Gasteiger partial charge in [-0.3, -0.25) is 14.3 Å². The maximum atomic E-state index is 13.9.